The Morgan fingerprint density at radius 1 is 0.944 bits per heavy atom. The maximum atomic E-state index is 12.6. The van der Waals surface area contributed by atoms with E-state index in [1.165, 1.54) is 5.56 Å². The van der Waals surface area contributed by atoms with Crippen molar-refractivity contribution in [2.45, 2.75) is 60.2 Å². The Morgan fingerprint density at radius 2 is 1.67 bits per heavy atom. The summed E-state index contributed by atoms with van der Waals surface area (Å²) in [5.41, 5.74) is 6.21. The van der Waals surface area contributed by atoms with Crippen LogP contribution in [0.3, 0.4) is 0 Å². The third kappa shape index (κ3) is 5.24. The number of nitrogens with zero attached hydrogens (tertiary/aromatic N) is 2. The van der Waals surface area contributed by atoms with Crippen LogP contribution in [0.25, 0.3) is 22.0 Å². The lowest BCUT2D eigenvalue weighted by atomic mass is 9.89. The van der Waals surface area contributed by atoms with Gasteiger partial charge in [0.05, 0.1) is 11.1 Å². The maximum Gasteiger partial charge on any atom is 0.337 e. The predicted molar refractivity (Wildman–Crippen MR) is 145 cm³/mol. The van der Waals surface area contributed by atoms with Crippen molar-refractivity contribution in [1.82, 2.24) is 9.97 Å². The standard InChI is InChI=1S/C30H33N3O3/c1-17-12-13-22(16-18(17)2)26-20(4)31-28(19(3)25(26)27(29(34)35)36-30(5,6)7)33-24-15-14-21-10-8-9-11-23(21)32-24/h8-16,27H,1-7H3,(H,34,35)(H,31,32,33). The number of nitrogens with one attached hydrogen (secondary N) is 1. The molecule has 0 saturated heterocycles. The van der Waals surface area contributed by atoms with E-state index in [-0.39, 0.29) is 0 Å². The number of aromatic nitrogens is 2. The number of para-hydroxylation sites is 1. The van der Waals surface area contributed by atoms with Crippen molar-refractivity contribution in [3.63, 3.8) is 0 Å². The highest BCUT2D eigenvalue weighted by Crippen LogP contribution is 2.40. The second kappa shape index (κ2) is 9.70. The van der Waals surface area contributed by atoms with Gasteiger partial charge in [0.2, 0.25) is 0 Å². The van der Waals surface area contributed by atoms with E-state index in [4.69, 9.17) is 14.7 Å². The van der Waals surface area contributed by atoms with Gasteiger partial charge in [-0.05, 0) is 88.9 Å². The highest BCUT2D eigenvalue weighted by Gasteiger charge is 2.33. The molecule has 2 aromatic carbocycles. The van der Waals surface area contributed by atoms with Crippen molar-refractivity contribution in [1.29, 1.82) is 0 Å². The van der Waals surface area contributed by atoms with Crippen LogP contribution in [-0.4, -0.2) is 26.6 Å². The van der Waals surface area contributed by atoms with Crippen LogP contribution in [-0.2, 0) is 9.53 Å². The SMILES string of the molecule is Cc1ccc(-c2c(C)nc(Nc3ccc4ccccc4n3)c(C)c2C(OC(C)(C)C)C(=O)O)cc1C. The summed E-state index contributed by atoms with van der Waals surface area (Å²) in [6.07, 6.45) is -1.17. The molecule has 186 valence electrons. The molecule has 4 aromatic rings. The fraction of sp³-hybridized carbons (Fsp3) is 0.300. The number of carbonyl (C=O) groups is 1. The van der Waals surface area contributed by atoms with Gasteiger partial charge in [0, 0.05) is 22.2 Å². The highest BCUT2D eigenvalue weighted by molar-refractivity contribution is 5.85. The average molecular weight is 484 g/mol. The zero-order chi connectivity index (χ0) is 26.2. The molecule has 6 nitrogen and oxygen atoms in total. The molecule has 0 spiro atoms. The molecule has 1 unspecified atom stereocenters. The van der Waals surface area contributed by atoms with Crippen molar-refractivity contribution in [3.8, 4) is 11.1 Å². The molecule has 6 heteroatoms. The number of carboxylic acid groups (broad SMARTS) is 1. The van der Waals surface area contributed by atoms with Crippen LogP contribution in [0.4, 0.5) is 11.6 Å². The second-order valence-corrected chi connectivity index (χ2v) is 10.2. The lowest BCUT2D eigenvalue weighted by Crippen LogP contribution is -2.28. The first kappa shape index (κ1) is 25.3. The molecule has 0 saturated carbocycles. The molecular formula is C30H33N3O3. The van der Waals surface area contributed by atoms with Crippen LogP contribution in [0.5, 0.6) is 0 Å². The van der Waals surface area contributed by atoms with Gasteiger partial charge in [-0.3, -0.25) is 0 Å². The third-order valence-electron chi connectivity index (χ3n) is 6.27. The Balaban J connectivity index is 1.92. The van der Waals surface area contributed by atoms with Crippen molar-refractivity contribution < 1.29 is 14.6 Å². The van der Waals surface area contributed by atoms with Gasteiger partial charge >= 0.3 is 5.97 Å². The summed E-state index contributed by atoms with van der Waals surface area (Å²) in [6.45, 7) is 13.5. The summed E-state index contributed by atoms with van der Waals surface area (Å²) in [5.74, 6) is 0.150. The number of benzene rings is 2. The van der Waals surface area contributed by atoms with Crippen LogP contribution < -0.4 is 5.32 Å². The predicted octanol–water partition coefficient (Wildman–Crippen LogP) is 7.21. The molecule has 0 fully saturated rings. The molecule has 0 amide bonds. The van der Waals surface area contributed by atoms with Crippen LogP contribution in [0.2, 0.25) is 0 Å². The van der Waals surface area contributed by atoms with E-state index in [9.17, 15) is 9.90 Å². The van der Waals surface area contributed by atoms with Gasteiger partial charge in [0.25, 0.3) is 0 Å². The molecule has 2 aromatic heterocycles. The molecule has 4 rings (SSSR count). The maximum absolute atomic E-state index is 12.6. The minimum atomic E-state index is -1.17. The number of rotatable bonds is 6. The summed E-state index contributed by atoms with van der Waals surface area (Å²) >= 11 is 0. The average Bonchev–Trinajstić information content (AvgIpc) is 2.81. The number of fused-ring (bicyclic) bond motifs is 1. The van der Waals surface area contributed by atoms with E-state index in [1.54, 1.807) is 0 Å². The summed E-state index contributed by atoms with van der Waals surface area (Å²) in [4.78, 5) is 22.2. The van der Waals surface area contributed by atoms with Crippen LogP contribution in [0.15, 0.2) is 54.6 Å². The molecule has 0 bridgehead atoms. The van der Waals surface area contributed by atoms with Crippen molar-refractivity contribution >= 4 is 28.5 Å². The number of hydrogen-bond acceptors (Lipinski definition) is 5. The quantitative estimate of drug-likeness (QED) is 0.301. The first-order chi connectivity index (χ1) is 16.9. The number of aryl methyl sites for hydroxylation is 3. The Labute approximate surface area is 212 Å². The fourth-order valence-corrected chi connectivity index (χ4v) is 4.37. The zero-order valence-corrected chi connectivity index (χ0v) is 21.9. The molecule has 0 aliphatic rings. The number of carboxylic acids is 1. The van der Waals surface area contributed by atoms with Gasteiger partial charge in [0.1, 0.15) is 11.6 Å². The molecule has 2 heterocycles. The monoisotopic (exact) mass is 483 g/mol. The van der Waals surface area contributed by atoms with Crippen molar-refractivity contribution in [2.75, 3.05) is 5.32 Å². The molecule has 0 radical (unpaired) electrons. The van der Waals surface area contributed by atoms with Gasteiger partial charge in [-0.15, -0.1) is 0 Å². The third-order valence-corrected chi connectivity index (χ3v) is 6.27. The van der Waals surface area contributed by atoms with Crippen LogP contribution >= 0.6 is 0 Å². The van der Waals surface area contributed by atoms with E-state index < -0.39 is 17.7 Å². The highest BCUT2D eigenvalue weighted by atomic mass is 16.5. The summed E-state index contributed by atoms with van der Waals surface area (Å²) in [5, 5.41) is 14.7. The summed E-state index contributed by atoms with van der Waals surface area (Å²) in [6, 6.07) is 17.9. The number of aliphatic carboxylic acids is 1. The minimum absolute atomic E-state index is 0.557. The second-order valence-electron chi connectivity index (χ2n) is 10.2. The van der Waals surface area contributed by atoms with Crippen LogP contribution in [0, 0.1) is 27.7 Å². The Kier molecular flexibility index (Phi) is 6.83. The van der Waals surface area contributed by atoms with Gasteiger partial charge in [-0.1, -0.05) is 36.4 Å². The molecule has 0 aliphatic carbocycles. The van der Waals surface area contributed by atoms with Gasteiger partial charge in [0.15, 0.2) is 6.10 Å². The zero-order valence-electron chi connectivity index (χ0n) is 21.9. The Hall–Kier alpha value is -3.77. The number of hydrogen-bond donors (Lipinski definition) is 2. The Morgan fingerprint density at radius 3 is 2.33 bits per heavy atom. The van der Waals surface area contributed by atoms with Crippen molar-refractivity contribution in [2.24, 2.45) is 0 Å². The fourth-order valence-electron chi connectivity index (χ4n) is 4.37. The first-order valence-electron chi connectivity index (χ1n) is 12.1. The van der Waals surface area contributed by atoms with Gasteiger partial charge < -0.3 is 15.2 Å². The van der Waals surface area contributed by atoms with Crippen molar-refractivity contribution in [3.05, 3.63) is 82.5 Å². The van der Waals surface area contributed by atoms with E-state index in [0.29, 0.717) is 28.5 Å². The molecule has 2 N–H and O–H groups in total. The van der Waals surface area contributed by atoms with Gasteiger partial charge in [-0.25, -0.2) is 14.8 Å². The molecule has 1 atom stereocenters. The first-order valence-corrected chi connectivity index (χ1v) is 12.1. The topological polar surface area (TPSA) is 84.3 Å². The summed E-state index contributed by atoms with van der Waals surface area (Å²) < 4.78 is 6.13. The number of ether oxygens (including phenoxy) is 1. The lowest BCUT2D eigenvalue weighted by Gasteiger charge is -2.29. The lowest BCUT2D eigenvalue weighted by molar-refractivity contribution is -0.160. The number of anilines is 2. The minimum Gasteiger partial charge on any atom is -0.479 e. The largest absolute Gasteiger partial charge is 0.479 e. The summed E-state index contributed by atoms with van der Waals surface area (Å²) in [7, 11) is 0. The van der Waals surface area contributed by atoms with E-state index >= 15 is 0 Å². The van der Waals surface area contributed by atoms with E-state index in [1.807, 2.05) is 77.1 Å². The molecular weight excluding hydrogens is 450 g/mol. The Bertz CT molecular complexity index is 1450. The van der Waals surface area contributed by atoms with Gasteiger partial charge in [-0.2, -0.15) is 0 Å². The number of pyridine rings is 2. The molecule has 0 aliphatic heterocycles. The smallest absolute Gasteiger partial charge is 0.337 e. The van der Waals surface area contributed by atoms with E-state index in [0.717, 1.165) is 27.6 Å². The molecule has 36 heavy (non-hydrogen) atoms. The van der Waals surface area contributed by atoms with E-state index in [2.05, 4.69) is 31.3 Å². The normalized spacial score (nSPS) is 12.5. The van der Waals surface area contributed by atoms with Crippen LogP contribution in [0.1, 0.15) is 54.8 Å².